The van der Waals surface area contributed by atoms with Gasteiger partial charge in [-0.2, -0.15) is 0 Å². The summed E-state index contributed by atoms with van der Waals surface area (Å²) in [5.41, 5.74) is 11.1. The molecule has 83 heavy (non-hydrogen) atoms. The van der Waals surface area contributed by atoms with Crippen molar-refractivity contribution in [3.05, 3.63) is 46.8 Å². The molecule has 1 saturated heterocycles. The van der Waals surface area contributed by atoms with Gasteiger partial charge in [0.1, 0.15) is 60.5 Å². The molecule has 0 saturated carbocycles. The number of hydroxylamine groups is 4. The summed E-state index contributed by atoms with van der Waals surface area (Å²) in [6.07, 6.45) is 0.219. The first-order chi connectivity index (χ1) is 39.3. The van der Waals surface area contributed by atoms with Crippen LogP contribution in [0.5, 0.6) is 0 Å². The summed E-state index contributed by atoms with van der Waals surface area (Å²) in [6.45, 7) is -2.29. The topological polar surface area (TPSA) is 546 Å². The number of nitrogens with two attached hydrogens (primary N) is 2. The van der Waals surface area contributed by atoms with E-state index in [1.165, 1.54) is 23.1 Å². The van der Waals surface area contributed by atoms with Crippen molar-refractivity contribution in [1.82, 2.24) is 62.9 Å². The van der Waals surface area contributed by atoms with Crippen LogP contribution >= 0.6 is 0 Å². The van der Waals surface area contributed by atoms with Crippen LogP contribution in [0, 0.1) is 0 Å². The molecule has 0 aromatic rings. The number of nitrogens with zero attached hydrogens (tertiary/aromatic N) is 4. The molecule has 3 heterocycles. The monoisotopic (exact) mass is 1180 g/mol. The SMILES string of the molecule is NC(=O)CC[C@H](NC(=O)[C@@H](CCC(N)=O)NC(=O)[C@H](CCCN(O)C=O)NC(=O)[C@@H]1CCN=C([C@@H](CO)NC(=O)[C@@H]2CCNC3=C(NC(=O)CCC(=O)O)C=C4C=C(O)C(O)=CC4N32)N1)C(=O)N[C@@H](CCCN(O)C=O)C(=O)NCC(=O)O. The molecular weight excluding hydrogens is 1110 g/mol. The lowest BCUT2D eigenvalue weighted by Crippen LogP contribution is -2.63. The maximum Gasteiger partial charge on any atom is 0.322 e. The highest BCUT2D eigenvalue weighted by atomic mass is 16.5. The van der Waals surface area contributed by atoms with Gasteiger partial charge in [0.2, 0.25) is 66.0 Å². The maximum absolute atomic E-state index is 14.3. The number of amides is 11. The molecule has 0 aromatic heterocycles. The number of carboxylic acid groups (broad SMARTS) is 2. The van der Waals surface area contributed by atoms with Crippen LogP contribution in [0.15, 0.2) is 51.8 Å². The van der Waals surface area contributed by atoms with Gasteiger partial charge in [-0.25, -0.2) is 10.1 Å². The lowest BCUT2D eigenvalue weighted by atomic mass is 9.90. The third-order valence-electron chi connectivity index (χ3n) is 13.0. The Bertz CT molecular complexity index is 2640. The Morgan fingerprint density at radius 3 is 1.77 bits per heavy atom. The predicted octanol–water partition coefficient (Wildman–Crippen LogP) is -6.83. The first-order valence-corrected chi connectivity index (χ1v) is 26.0. The highest BCUT2D eigenvalue weighted by molar-refractivity contribution is 5.99. The minimum atomic E-state index is -1.74. The first kappa shape index (κ1) is 66.1. The average Bonchev–Trinajstić information content (AvgIpc) is 2.26. The van der Waals surface area contributed by atoms with E-state index in [0.29, 0.717) is 5.57 Å². The Kier molecular flexibility index (Phi) is 25.6. The van der Waals surface area contributed by atoms with Crippen LogP contribution in [0.4, 0.5) is 0 Å². The number of aliphatic carboxylic acids is 2. The number of carbonyl (C=O) groups is 13. The minimum absolute atomic E-state index is 0.0331. The highest BCUT2D eigenvalue weighted by Crippen LogP contribution is 2.35. The van der Waals surface area contributed by atoms with E-state index in [0.717, 1.165) is 0 Å². The Morgan fingerprint density at radius 2 is 1.25 bits per heavy atom. The van der Waals surface area contributed by atoms with Crippen LogP contribution in [-0.4, -0.2) is 222 Å². The Balaban J connectivity index is 1.54. The summed E-state index contributed by atoms with van der Waals surface area (Å²) in [7, 11) is 0. The molecule has 11 amide bonds. The van der Waals surface area contributed by atoms with Crippen LogP contribution in [-0.2, 0) is 62.3 Å². The van der Waals surface area contributed by atoms with Crippen molar-refractivity contribution in [3.63, 3.8) is 0 Å². The van der Waals surface area contributed by atoms with Crippen molar-refractivity contribution >= 4 is 83.8 Å². The molecule has 4 rings (SSSR count). The van der Waals surface area contributed by atoms with Crippen molar-refractivity contribution in [2.24, 2.45) is 16.5 Å². The number of allylic oxidation sites excluding steroid dienone is 1. The molecule has 20 N–H and O–H groups in total. The largest absolute Gasteiger partial charge is 0.504 e. The van der Waals surface area contributed by atoms with E-state index in [1.807, 2.05) is 0 Å². The number of fused-ring (bicyclic) bond motifs is 3. The van der Waals surface area contributed by atoms with Crippen molar-refractivity contribution in [1.29, 1.82) is 0 Å². The van der Waals surface area contributed by atoms with Gasteiger partial charge in [-0.15, -0.1) is 0 Å². The average molecular weight is 1180 g/mol. The van der Waals surface area contributed by atoms with Crippen LogP contribution in [0.3, 0.4) is 0 Å². The van der Waals surface area contributed by atoms with Crippen molar-refractivity contribution < 1.29 is 98.3 Å². The lowest BCUT2D eigenvalue weighted by Gasteiger charge is -2.47. The second-order valence-electron chi connectivity index (χ2n) is 19.2. The van der Waals surface area contributed by atoms with Crippen LogP contribution < -0.4 is 59.3 Å². The summed E-state index contributed by atoms with van der Waals surface area (Å²) >= 11 is 0. The standard InChI is InChI=1S/C48H69N15O20/c49-36(69)7-5-27(45(78)56-25(3-1-15-61(82)22-65)43(76)53-20-40(74)75)59-46(79)28(6-8-37(50)70)58-44(77)26(4-2-16-62(83)23-66)57-47(80)29-11-13-51-41(55-29)31(21-64)60-48(81)32-12-14-52-42-30(54-38(71)9-10-39(72)73)17-24-18-34(67)35(68)19-33(24)63(32)42/h17-19,22-23,25-29,31-33,52,64,67-68,82-83H,1-16,20-21H2,(H2,49,69)(H2,50,70)(H,51,55)(H,53,76)(H,54,71)(H,56,78)(H,57,80)(H,58,77)(H,59,79)(H,60,81)(H,72,73)(H,74,75)/t25-,26-,27-,28+,29-,31+,32-,33?/m0/s1. The minimum Gasteiger partial charge on any atom is -0.504 e. The number of hydrogen-bond donors (Lipinski definition) is 18. The summed E-state index contributed by atoms with van der Waals surface area (Å²) in [6, 6.07) is -11.2. The fourth-order valence-electron chi connectivity index (χ4n) is 8.85. The van der Waals surface area contributed by atoms with Gasteiger partial charge in [-0.3, -0.25) is 77.7 Å². The molecule has 35 nitrogen and oxygen atoms in total. The number of rotatable bonds is 35. The van der Waals surface area contributed by atoms with Gasteiger partial charge in [-0.05, 0) is 75.2 Å². The maximum atomic E-state index is 14.3. The lowest BCUT2D eigenvalue weighted by molar-refractivity contribution is -0.150. The molecule has 1 fully saturated rings. The second kappa shape index (κ2) is 32.2. The van der Waals surface area contributed by atoms with Crippen LogP contribution in [0.25, 0.3) is 0 Å². The molecule has 0 spiro atoms. The number of aliphatic imine (C=N–C) groups is 1. The quantitative estimate of drug-likeness (QED) is 0.0159. The fraction of sp³-hybridized carbons (Fsp3) is 0.542. The molecule has 8 atom stereocenters. The molecule has 0 radical (unpaired) electrons. The number of aliphatic hydroxyl groups is 3. The normalized spacial score (nSPS) is 18.8. The van der Waals surface area contributed by atoms with Gasteiger partial charge in [0.25, 0.3) is 0 Å². The first-order valence-electron chi connectivity index (χ1n) is 26.0. The van der Waals surface area contributed by atoms with Crippen molar-refractivity contribution in [3.8, 4) is 0 Å². The molecular formula is C48H69N15O20. The number of primary amides is 2. The molecule has 1 aliphatic carbocycles. The van der Waals surface area contributed by atoms with E-state index in [4.69, 9.17) is 21.7 Å². The summed E-state index contributed by atoms with van der Waals surface area (Å²) in [4.78, 5) is 170. The Labute approximate surface area is 471 Å². The number of carbonyl (C=O) groups excluding carboxylic acids is 11. The Morgan fingerprint density at radius 1 is 0.699 bits per heavy atom. The molecule has 0 aromatic carbocycles. The van der Waals surface area contributed by atoms with Gasteiger partial charge in [-0.1, -0.05) is 0 Å². The van der Waals surface area contributed by atoms with Gasteiger partial charge in [0, 0.05) is 45.4 Å². The zero-order valence-corrected chi connectivity index (χ0v) is 44.6. The van der Waals surface area contributed by atoms with Gasteiger partial charge in [0.15, 0.2) is 11.5 Å². The van der Waals surface area contributed by atoms with Gasteiger partial charge in [0.05, 0.1) is 24.8 Å². The van der Waals surface area contributed by atoms with E-state index < -0.39 is 177 Å². The zero-order chi connectivity index (χ0) is 61.5. The van der Waals surface area contributed by atoms with Crippen LogP contribution in [0.2, 0.25) is 0 Å². The van der Waals surface area contributed by atoms with E-state index in [-0.39, 0.29) is 105 Å². The number of nitrogens with one attached hydrogen (secondary N) is 9. The number of carboxylic acids is 2. The molecule has 0 bridgehead atoms. The Hall–Kier alpha value is -9.38. The highest BCUT2D eigenvalue weighted by Gasteiger charge is 2.43. The number of hydrogen-bond acceptors (Lipinski definition) is 22. The number of amidine groups is 1. The van der Waals surface area contributed by atoms with Crippen LogP contribution in [0.1, 0.15) is 77.0 Å². The van der Waals surface area contributed by atoms with E-state index in [1.54, 1.807) is 0 Å². The fourth-order valence-corrected chi connectivity index (χ4v) is 8.85. The zero-order valence-electron chi connectivity index (χ0n) is 44.6. The van der Waals surface area contributed by atoms with Crippen molar-refractivity contribution in [2.45, 2.75) is 125 Å². The van der Waals surface area contributed by atoms with E-state index in [2.05, 4.69) is 52.8 Å². The van der Waals surface area contributed by atoms with Gasteiger partial charge >= 0.3 is 11.9 Å². The predicted molar refractivity (Wildman–Crippen MR) is 279 cm³/mol. The third kappa shape index (κ3) is 20.6. The molecule has 456 valence electrons. The number of aliphatic hydroxyl groups excluding tert-OH is 3. The molecule has 1 unspecified atom stereocenters. The molecule has 35 heteroatoms. The second-order valence-corrected chi connectivity index (χ2v) is 19.2. The smallest absolute Gasteiger partial charge is 0.322 e. The summed E-state index contributed by atoms with van der Waals surface area (Å²) in [5.74, 6) is -12.2. The molecule has 3 aliphatic heterocycles. The van der Waals surface area contributed by atoms with Gasteiger partial charge < -0.3 is 89.8 Å². The van der Waals surface area contributed by atoms with E-state index >= 15 is 0 Å². The summed E-state index contributed by atoms with van der Waals surface area (Å²) in [5, 5.41) is 92.5. The molecule has 4 aliphatic rings. The summed E-state index contributed by atoms with van der Waals surface area (Å²) < 4.78 is 0. The van der Waals surface area contributed by atoms with E-state index in [9.17, 15) is 88.1 Å². The third-order valence-corrected chi connectivity index (χ3v) is 13.0. The van der Waals surface area contributed by atoms with Crippen molar-refractivity contribution in [2.75, 3.05) is 39.3 Å².